The molecule has 0 aromatic rings. The molecule has 0 bridgehead atoms. The van der Waals surface area contributed by atoms with Gasteiger partial charge in [0.1, 0.15) is 0 Å². The van der Waals surface area contributed by atoms with E-state index in [0.29, 0.717) is 24.4 Å². The molecule has 0 radical (unpaired) electrons. The Labute approximate surface area is 116 Å². The predicted molar refractivity (Wildman–Crippen MR) is 76.3 cm³/mol. The lowest BCUT2D eigenvalue weighted by Gasteiger charge is -2.37. The van der Waals surface area contributed by atoms with Crippen molar-refractivity contribution in [3.8, 4) is 0 Å². The molecule has 4 nitrogen and oxygen atoms in total. The molecule has 2 saturated heterocycles. The van der Waals surface area contributed by atoms with Crippen molar-refractivity contribution in [3.63, 3.8) is 0 Å². The van der Waals surface area contributed by atoms with Crippen LogP contribution >= 0.6 is 0 Å². The summed E-state index contributed by atoms with van der Waals surface area (Å²) < 4.78 is 0. The SMILES string of the molecule is CC(C)N1CCC(N2CCCC(CCC(=O)O)C2)C1. The van der Waals surface area contributed by atoms with Gasteiger partial charge in [0.15, 0.2) is 0 Å². The summed E-state index contributed by atoms with van der Waals surface area (Å²) in [7, 11) is 0. The molecule has 110 valence electrons. The van der Waals surface area contributed by atoms with E-state index in [2.05, 4.69) is 23.6 Å². The van der Waals surface area contributed by atoms with Crippen LogP contribution in [0.25, 0.3) is 0 Å². The van der Waals surface area contributed by atoms with Gasteiger partial charge in [-0.3, -0.25) is 14.6 Å². The Morgan fingerprint density at radius 2 is 2.05 bits per heavy atom. The van der Waals surface area contributed by atoms with Crippen molar-refractivity contribution < 1.29 is 9.90 Å². The molecule has 2 atom stereocenters. The second-order valence-electron chi connectivity index (χ2n) is 6.47. The minimum absolute atomic E-state index is 0.335. The number of hydrogen-bond acceptors (Lipinski definition) is 3. The van der Waals surface area contributed by atoms with Crippen molar-refractivity contribution >= 4 is 5.97 Å². The fourth-order valence-electron chi connectivity index (χ4n) is 3.53. The molecule has 2 rings (SSSR count). The molecule has 2 fully saturated rings. The lowest BCUT2D eigenvalue weighted by atomic mass is 9.92. The van der Waals surface area contributed by atoms with Crippen molar-refractivity contribution in [1.29, 1.82) is 0 Å². The molecule has 0 aliphatic carbocycles. The smallest absolute Gasteiger partial charge is 0.303 e. The third-order valence-corrected chi connectivity index (χ3v) is 4.76. The van der Waals surface area contributed by atoms with Crippen LogP contribution in [0, 0.1) is 5.92 Å². The molecular formula is C15H28N2O2. The average Bonchev–Trinajstić information content (AvgIpc) is 2.86. The van der Waals surface area contributed by atoms with Crippen LogP contribution in [0.1, 0.15) is 46.0 Å². The normalized spacial score (nSPS) is 30.1. The van der Waals surface area contributed by atoms with Gasteiger partial charge in [-0.05, 0) is 52.0 Å². The summed E-state index contributed by atoms with van der Waals surface area (Å²) in [5.41, 5.74) is 0. The summed E-state index contributed by atoms with van der Waals surface area (Å²) >= 11 is 0. The second-order valence-corrected chi connectivity index (χ2v) is 6.47. The quantitative estimate of drug-likeness (QED) is 0.829. The number of rotatable bonds is 5. The maximum atomic E-state index is 10.7. The molecule has 4 heteroatoms. The number of piperidine rings is 1. The van der Waals surface area contributed by atoms with E-state index in [0.717, 1.165) is 13.0 Å². The van der Waals surface area contributed by atoms with Gasteiger partial charge in [0, 0.05) is 38.1 Å². The lowest BCUT2D eigenvalue weighted by molar-refractivity contribution is -0.137. The van der Waals surface area contributed by atoms with Crippen LogP contribution in [0.4, 0.5) is 0 Å². The standard InChI is InChI=1S/C15H28N2O2/c1-12(2)16-9-7-14(11-16)17-8-3-4-13(10-17)5-6-15(18)19/h12-14H,3-11H2,1-2H3,(H,18,19). The molecule has 1 N–H and O–H groups in total. The van der Waals surface area contributed by atoms with E-state index in [4.69, 9.17) is 5.11 Å². The lowest BCUT2D eigenvalue weighted by Crippen LogP contribution is -2.44. The summed E-state index contributed by atoms with van der Waals surface area (Å²) in [6, 6.07) is 1.35. The molecule has 0 amide bonds. The fourth-order valence-corrected chi connectivity index (χ4v) is 3.53. The summed E-state index contributed by atoms with van der Waals surface area (Å²) in [5.74, 6) is -0.0538. The highest BCUT2D eigenvalue weighted by Gasteiger charge is 2.31. The molecule has 0 aromatic heterocycles. The highest BCUT2D eigenvalue weighted by atomic mass is 16.4. The number of carboxylic acid groups (broad SMARTS) is 1. The van der Waals surface area contributed by atoms with Gasteiger partial charge in [0.25, 0.3) is 0 Å². The van der Waals surface area contributed by atoms with E-state index < -0.39 is 5.97 Å². The maximum absolute atomic E-state index is 10.7. The van der Waals surface area contributed by atoms with E-state index in [-0.39, 0.29) is 0 Å². The molecule has 2 unspecified atom stereocenters. The molecule has 0 saturated carbocycles. The first-order valence-electron chi connectivity index (χ1n) is 7.76. The number of hydrogen-bond donors (Lipinski definition) is 1. The first-order chi connectivity index (χ1) is 9.06. The number of carbonyl (C=O) groups is 1. The molecule has 19 heavy (non-hydrogen) atoms. The van der Waals surface area contributed by atoms with Crippen LogP contribution in [-0.2, 0) is 4.79 Å². The Morgan fingerprint density at radius 3 is 2.68 bits per heavy atom. The van der Waals surface area contributed by atoms with Gasteiger partial charge >= 0.3 is 5.97 Å². The minimum atomic E-state index is -0.649. The van der Waals surface area contributed by atoms with Gasteiger partial charge in [0.05, 0.1) is 0 Å². The Bertz CT molecular complexity index is 307. The van der Waals surface area contributed by atoms with Crippen molar-refractivity contribution in [3.05, 3.63) is 0 Å². The monoisotopic (exact) mass is 268 g/mol. The topological polar surface area (TPSA) is 43.8 Å². The third-order valence-electron chi connectivity index (χ3n) is 4.76. The zero-order valence-corrected chi connectivity index (χ0v) is 12.3. The van der Waals surface area contributed by atoms with E-state index >= 15 is 0 Å². The third kappa shape index (κ3) is 4.18. The van der Waals surface area contributed by atoms with E-state index in [1.165, 1.54) is 38.9 Å². The highest BCUT2D eigenvalue weighted by molar-refractivity contribution is 5.66. The average molecular weight is 268 g/mol. The first kappa shape index (κ1) is 14.8. The van der Waals surface area contributed by atoms with E-state index in [9.17, 15) is 4.79 Å². The summed E-state index contributed by atoms with van der Waals surface area (Å²) in [6.07, 6.45) is 4.92. The predicted octanol–water partition coefficient (Wildman–Crippen LogP) is 2.05. The number of nitrogens with zero attached hydrogens (tertiary/aromatic N) is 2. The summed E-state index contributed by atoms with van der Waals surface area (Å²) in [4.78, 5) is 15.9. The maximum Gasteiger partial charge on any atom is 0.303 e. The second kappa shape index (κ2) is 6.71. The van der Waals surface area contributed by atoms with Crippen LogP contribution in [0.3, 0.4) is 0 Å². The zero-order valence-electron chi connectivity index (χ0n) is 12.3. The summed E-state index contributed by atoms with van der Waals surface area (Å²) in [5, 5.41) is 8.80. The van der Waals surface area contributed by atoms with Crippen LogP contribution in [0.15, 0.2) is 0 Å². The molecule has 2 aliphatic rings. The highest BCUT2D eigenvalue weighted by Crippen LogP contribution is 2.26. The van der Waals surface area contributed by atoms with E-state index in [1.807, 2.05) is 0 Å². The largest absolute Gasteiger partial charge is 0.481 e. The van der Waals surface area contributed by atoms with Crippen molar-refractivity contribution in [2.45, 2.75) is 58.0 Å². The van der Waals surface area contributed by atoms with Gasteiger partial charge in [-0.15, -0.1) is 0 Å². The number of aliphatic carboxylic acids is 1. The van der Waals surface area contributed by atoms with Crippen molar-refractivity contribution in [1.82, 2.24) is 9.80 Å². The van der Waals surface area contributed by atoms with Gasteiger partial charge in [-0.2, -0.15) is 0 Å². The molecule has 2 aliphatic heterocycles. The van der Waals surface area contributed by atoms with Crippen LogP contribution < -0.4 is 0 Å². The Balaban J connectivity index is 1.79. The molecule has 0 aromatic carbocycles. The first-order valence-corrected chi connectivity index (χ1v) is 7.76. The summed E-state index contributed by atoms with van der Waals surface area (Å²) in [6.45, 7) is 9.29. The van der Waals surface area contributed by atoms with Crippen LogP contribution in [-0.4, -0.2) is 59.1 Å². The van der Waals surface area contributed by atoms with Crippen LogP contribution in [0.5, 0.6) is 0 Å². The Morgan fingerprint density at radius 1 is 1.26 bits per heavy atom. The minimum Gasteiger partial charge on any atom is -0.481 e. The number of likely N-dealkylation sites (tertiary alicyclic amines) is 2. The molecule has 0 spiro atoms. The van der Waals surface area contributed by atoms with Gasteiger partial charge < -0.3 is 5.11 Å². The van der Waals surface area contributed by atoms with Gasteiger partial charge in [0.2, 0.25) is 0 Å². The van der Waals surface area contributed by atoms with Crippen molar-refractivity contribution in [2.75, 3.05) is 26.2 Å². The van der Waals surface area contributed by atoms with Crippen LogP contribution in [0.2, 0.25) is 0 Å². The fraction of sp³-hybridized carbons (Fsp3) is 0.933. The van der Waals surface area contributed by atoms with E-state index in [1.54, 1.807) is 0 Å². The Hall–Kier alpha value is -0.610. The van der Waals surface area contributed by atoms with Gasteiger partial charge in [-0.25, -0.2) is 0 Å². The zero-order chi connectivity index (χ0) is 13.8. The van der Waals surface area contributed by atoms with Gasteiger partial charge in [-0.1, -0.05) is 0 Å². The molecular weight excluding hydrogens is 240 g/mol. The Kier molecular flexibility index (Phi) is 5.22. The number of carboxylic acids is 1. The molecule has 2 heterocycles. The van der Waals surface area contributed by atoms with Crippen molar-refractivity contribution in [2.24, 2.45) is 5.92 Å².